The van der Waals surface area contributed by atoms with Crippen molar-refractivity contribution >= 4 is 38.8 Å². The first-order chi connectivity index (χ1) is 13.6. The van der Waals surface area contributed by atoms with Crippen molar-refractivity contribution < 1.29 is 4.79 Å². The molecule has 0 aromatic heterocycles. The zero-order valence-corrected chi connectivity index (χ0v) is 17.9. The van der Waals surface area contributed by atoms with Crippen LogP contribution in [0.15, 0.2) is 76.7 Å². The number of rotatable bonds is 4. The van der Waals surface area contributed by atoms with Gasteiger partial charge in [-0.05, 0) is 29.8 Å². The third kappa shape index (κ3) is 3.81. The number of amidine groups is 1. The molecule has 2 aliphatic heterocycles. The molecule has 1 saturated heterocycles. The molecule has 1 amide bonds. The zero-order valence-electron chi connectivity index (χ0n) is 15.5. The zero-order chi connectivity index (χ0) is 19.6. The van der Waals surface area contributed by atoms with E-state index in [2.05, 4.69) is 50.9 Å². The summed E-state index contributed by atoms with van der Waals surface area (Å²) in [6, 6.07) is 17.7. The Hall–Kier alpha value is -1.89. The Morgan fingerprint density at radius 1 is 1.32 bits per heavy atom. The highest BCUT2D eigenvalue weighted by Crippen LogP contribution is 2.46. The number of amides is 1. The van der Waals surface area contributed by atoms with E-state index in [4.69, 9.17) is 4.99 Å². The van der Waals surface area contributed by atoms with Crippen LogP contribution in [0, 0.1) is 5.92 Å². The third-order valence-electron chi connectivity index (χ3n) is 5.31. The average Bonchev–Trinajstić information content (AvgIpc) is 3.07. The molecule has 2 aliphatic rings. The van der Waals surface area contributed by atoms with Gasteiger partial charge in [0.15, 0.2) is 5.17 Å². The number of likely N-dealkylation sites (tertiary alicyclic amines) is 1. The van der Waals surface area contributed by atoms with Crippen molar-refractivity contribution in [1.29, 1.82) is 0 Å². The molecule has 1 fully saturated rings. The maximum atomic E-state index is 12.6. The average molecular weight is 456 g/mol. The summed E-state index contributed by atoms with van der Waals surface area (Å²) in [5.41, 5.74) is 1.48. The van der Waals surface area contributed by atoms with E-state index in [1.54, 1.807) is 11.8 Å². The quantitative estimate of drug-likeness (QED) is 0.699. The number of benzene rings is 2. The number of carbonyl (C=O) groups is 1. The van der Waals surface area contributed by atoms with E-state index < -0.39 is 0 Å². The second-order valence-electron chi connectivity index (χ2n) is 7.16. The topological polar surface area (TPSA) is 44.7 Å². The smallest absolute Gasteiger partial charge is 0.257 e. The van der Waals surface area contributed by atoms with Crippen LogP contribution in [0.3, 0.4) is 0 Å². The molecule has 28 heavy (non-hydrogen) atoms. The minimum atomic E-state index is -0.350. The Balaban J connectivity index is 1.68. The normalized spacial score (nSPS) is 24.3. The second kappa shape index (κ2) is 8.23. The van der Waals surface area contributed by atoms with E-state index in [-0.39, 0.29) is 11.4 Å². The van der Waals surface area contributed by atoms with Crippen LogP contribution in [-0.4, -0.2) is 41.4 Å². The number of carbonyl (C=O) groups excluding carboxylic acids is 1. The van der Waals surface area contributed by atoms with Gasteiger partial charge in [-0.15, -0.1) is 6.58 Å². The predicted octanol–water partition coefficient (Wildman–Crippen LogP) is 4.30. The number of thioether (sulfide) groups is 1. The van der Waals surface area contributed by atoms with Crippen LogP contribution in [0.1, 0.15) is 15.9 Å². The molecular formula is C22H22BrN3OS. The molecule has 4 nitrogen and oxygen atoms in total. The Kier molecular flexibility index (Phi) is 5.71. The van der Waals surface area contributed by atoms with Gasteiger partial charge in [0.2, 0.25) is 0 Å². The maximum absolute atomic E-state index is 12.6. The van der Waals surface area contributed by atoms with Gasteiger partial charge < -0.3 is 5.32 Å². The predicted molar refractivity (Wildman–Crippen MR) is 120 cm³/mol. The number of nitrogens with one attached hydrogen (secondary N) is 1. The first-order valence-electron chi connectivity index (χ1n) is 9.29. The summed E-state index contributed by atoms with van der Waals surface area (Å²) in [6.07, 6.45) is 1.95. The van der Waals surface area contributed by atoms with Gasteiger partial charge in [-0.25, -0.2) is 4.99 Å². The summed E-state index contributed by atoms with van der Waals surface area (Å²) >= 11 is 5.24. The summed E-state index contributed by atoms with van der Waals surface area (Å²) in [4.78, 5) is 20.2. The number of halogens is 1. The molecule has 0 saturated carbocycles. The van der Waals surface area contributed by atoms with E-state index in [9.17, 15) is 4.79 Å². The maximum Gasteiger partial charge on any atom is 0.257 e. The highest BCUT2D eigenvalue weighted by molar-refractivity contribution is 9.10. The molecule has 2 aromatic carbocycles. The molecule has 0 spiro atoms. The highest BCUT2D eigenvalue weighted by atomic mass is 79.9. The van der Waals surface area contributed by atoms with Crippen molar-refractivity contribution in [2.24, 2.45) is 10.9 Å². The number of hydrogen-bond acceptors (Lipinski definition) is 4. The fraction of sp³-hybridized carbons (Fsp3) is 0.273. The molecule has 4 rings (SSSR count). The lowest BCUT2D eigenvalue weighted by atomic mass is 9.82. The number of aliphatic imine (C=N–C) groups is 1. The van der Waals surface area contributed by atoms with Crippen molar-refractivity contribution in [3.63, 3.8) is 0 Å². The van der Waals surface area contributed by atoms with Crippen molar-refractivity contribution in [2.75, 3.05) is 25.4 Å². The Labute approximate surface area is 178 Å². The van der Waals surface area contributed by atoms with Crippen LogP contribution in [0.25, 0.3) is 0 Å². The van der Waals surface area contributed by atoms with Crippen molar-refractivity contribution in [1.82, 2.24) is 10.2 Å². The van der Waals surface area contributed by atoms with Crippen molar-refractivity contribution in [3.8, 4) is 0 Å². The molecular weight excluding hydrogens is 434 g/mol. The van der Waals surface area contributed by atoms with Crippen molar-refractivity contribution in [2.45, 2.75) is 5.54 Å². The summed E-state index contributed by atoms with van der Waals surface area (Å²) in [6.45, 7) is 6.54. The van der Waals surface area contributed by atoms with Crippen LogP contribution in [0.2, 0.25) is 0 Å². The fourth-order valence-electron chi connectivity index (χ4n) is 4.00. The van der Waals surface area contributed by atoms with Crippen LogP contribution in [0.4, 0.5) is 0 Å². The second-order valence-corrected chi connectivity index (χ2v) is 9.09. The number of hydrogen-bond donors (Lipinski definition) is 1. The molecule has 0 aliphatic carbocycles. The summed E-state index contributed by atoms with van der Waals surface area (Å²) in [5, 5.41) is 3.73. The molecule has 2 aromatic rings. The highest BCUT2D eigenvalue weighted by Gasteiger charge is 2.50. The summed E-state index contributed by atoms with van der Waals surface area (Å²) in [5.74, 6) is 1.20. The van der Waals surface area contributed by atoms with E-state index in [0.29, 0.717) is 16.6 Å². The largest absolute Gasteiger partial charge is 0.301 e. The summed E-state index contributed by atoms with van der Waals surface area (Å²) < 4.78 is 1.04. The van der Waals surface area contributed by atoms with E-state index in [1.165, 1.54) is 5.56 Å². The molecule has 1 N–H and O–H groups in total. The minimum Gasteiger partial charge on any atom is -0.301 e. The van der Waals surface area contributed by atoms with Crippen LogP contribution < -0.4 is 5.32 Å². The molecule has 6 heteroatoms. The third-order valence-corrected chi connectivity index (χ3v) is 6.84. The first-order valence-corrected chi connectivity index (χ1v) is 11.1. The van der Waals surface area contributed by atoms with Crippen LogP contribution in [0.5, 0.6) is 0 Å². The standard InChI is InChI=1S/C22H22BrN3OS/c1-2-11-26-13-18-14-28-21(24-20(27)16-7-4-3-5-8-16)25-22(18,15-26)17-9-6-10-19(23)12-17/h2-10,12,18H,1,11,13-15H2,(H,24,25,27)/t18-,22+/m0/s1. The van der Waals surface area contributed by atoms with E-state index in [1.807, 2.05) is 42.5 Å². The van der Waals surface area contributed by atoms with E-state index in [0.717, 1.165) is 29.9 Å². The van der Waals surface area contributed by atoms with Gasteiger partial charge in [0.25, 0.3) is 5.91 Å². The van der Waals surface area contributed by atoms with Crippen LogP contribution >= 0.6 is 27.7 Å². The van der Waals surface area contributed by atoms with Crippen LogP contribution in [-0.2, 0) is 5.54 Å². The van der Waals surface area contributed by atoms with Gasteiger partial charge in [-0.3, -0.25) is 9.69 Å². The fourth-order valence-corrected chi connectivity index (χ4v) is 5.53. The Morgan fingerprint density at radius 3 is 2.89 bits per heavy atom. The first kappa shape index (κ1) is 19.4. The van der Waals surface area contributed by atoms with Gasteiger partial charge in [-0.1, -0.05) is 64.1 Å². The molecule has 2 heterocycles. The summed E-state index contributed by atoms with van der Waals surface area (Å²) in [7, 11) is 0. The van der Waals surface area contributed by atoms with Gasteiger partial charge in [-0.2, -0.15) is 0 Å². The lowest BCUT2D eigenvalue weighted by molar-refractivity contribution is 0.0977. The molecule has 0 unspecified atom stereocenters. The number of fused-ring (bicyclic) bond motifs is 1. The van der Waals surface area contributed by atoms with E-state index >= 15 is 0 Å². The Morgan fingerprint density at radius 2 is 2.14 bits per heavy atom. The van der Waals surface area contributed by atoms with Gasteiger partial charge >= 0.3 is 0 Å². The molecule has 0 radical (unpaired) electrons. The molecule has 144 valence electrons. The monoisotopic (exact) mass is 455 g/mol. The van der Waals surface area contributed by atoms with Gasteiger partial charge in [0, 0.05) is 41.3 Å². The van der Waals surface area contributed by atoms with Gasteiger partial charge in [0.05, 0.1) is 0 Å². The SMILES string of the molecule is C=CCN1C[C@H]2CSC(NC(=O)c3ccccc3)=N[C@@]2(c2cccc(Br)c2)C1. The lowest BCUT2D eigenvalue weighted by Crippen LogP contribution is -2.42. The lowest BCUT2D eigenvalue weighted by Gasteiger charge is -2.36. The van der Waals surface area contributed by atoms with Gasteiger partial charge in [0.1, 0.15) is 5.54 Å². The number of nitrogens with zero attached hydrogens (tertiary/aromatic N) is 2. The van der Waals surface area contributed by atoms with Crippen molar-refractivity contribution in [3.05, 3.63) is 82.9 Å². The molecule has 2 atom stereocenters. The molecule has 0 bridgehead atoms. The Bertz CT molecular complexity index is 917. The minimum absolute atomic E-state index is 0.115.